The van der Waals surface area contributed by atoms with Crippen LogP contribution in [0.3, 0.4) is 0 Å². The monoisotopic (exact) mass is 273 g/mol. The van der Waals surface area contributed by atoms with Gasteiger partial charge in [-0.2, -0.15) is 0 Å². The Kier molecular flexibility index (Phi) is 4.55. The summed E-state index contributed by atoms with van der Waals surface area (Å²) in [5.41, 5.74) is 0. The number of hydrogen-bond donors (Lipinski definition) is 1. The molecule has 0 radical (unpaired) electrons. The van der Waals surface area contributed by atoms with Crippen molar-refractivity contribution in [2.75, 3.05) is 12.8 Å². The summed E-state index contributed by atoms with van der Waals surface area (Å²) in [5.74, 6) is 0.887. The van der Waals surface area contributed by atoms with Crippen molar-refractivity contribution in [3.8, 4) is 0 Å². The third kappa shape index (κ3) is 3.11. The third-order valence-corrected chi connectivity index (χ3v) is 5.75. The lowest BCUT2D eigenvalue weighted by atomic mass is 9.99. The second-order valence-corrected chi connectivity index (χ2v) is 7.74. The van der Waals surface area contributed by atoms with Crippen LogP contribution in [-0.2, 0) is 23.3 Å². The zero-order valence-corrected chi connectivity index (χ0v) is 12.6. The molecule has 1 aromatic rings. The van der Waals surface area contributed by atoms with Crippen LogP contribution in [0.25, 0.3) is 0 Å². The molecule has 0 saturated carbocycles. The van der Waals surface area contributed by atoms with Gasteiger partial charge in [-0.05, 0) is 20.4 Å². The molecular formula is C12H23N3O2S. The van der Waals surface area contributed by atoms with Crippen LogP contribution < -0.4 is 5.32 Å². The van der Waals surface area contributed by atoms with Gasteiger partial charge in [-0.15, -0.1) is 0 Å². The zero-order valence-electron chi connectivity index (χ0n) is 11.8. The molecule has 0 bridgehead atoms. The standard InChI is InChI=1S/C12H23N3O2S/c1-6-13-10(12(2,3)18(5,16)17)9-11-14-7-8-15(11)4/h7-8,10,13H,6,9H2,1-5H3. The minimum Gasteiger partial charge on any atom is -0.338 e. The number of rotatable bonds is 6. The smallest absolute Gasteiger partial charge is 0.154 e. The minimum atomic E-state index is -3.14. The van der Waals surface area contributed by atoms with Gasteiger partial charge in [0, 0.05) is 38.2 Å². The first-order valence-corrected chi connectivity index (χ1v) is 7.98. The van der Waals surface area contributed by atoms with E-state index in [1.807, 2.05) is 24.7 Å². The number of nitrogens with one attached hydrogen (secondary N) is 1. The molecule has 0 aromatic carbocycles. The van der Waals surface area contributed by atoms with Crippen molar-refractivity contribution in [1.82, 2.24) is 14.9 Å². The average Bonchev–Trinajstić information content (AvgIpc) is 2.62. The Balaban J connectivity index is 3.00. The normalized spacial score (nSPS) is 14.7. The molecule has 5 nitrogen and oxygen atoms in total. The van der Waals surface area contributed by atoms with Crippen molar-refractivity contribution in [3.05, 3.63) is 18.2 Å². The van der Waals surface area contributed by atoms with Gasteiger partial charge >= 0.3 is 0 Å². The number of aromatic nitrogens is 2. The molecular weight excluding hydrogens is 250 g/mol. The van der Waals surface area contributed by atoms with Crippen LogP contribution in [0.5, 0.6) is 0 Å². The summed E-state index contributed by atoms with van der Waals surface area (Å²) in [6, 6.07) is -0.154. The maximum absolute atomic E-state index is 11.9. The summed E-state index contributed by atoms with van der Waals surface area (Å²) in [6.45, 7) is 6.23. The lowest BCUT2D eigenvalue weighted by Crippen LogP contribution is -2.52. The molecule has 18 heavy (non-hydrogen) atoms. The molecule has 1 heterocycles. The summed E-state index contributed by atoms with van der Waals surface area (Å²) in [5, 5.41) is 3.26. The molecule has 0 spiro atoms. The van der Waals surface area contributed by atoms with E-state index >= 15 is 0 Å². The molecule has 0 saturated heterocycles. The molecule has 1 N–H and O–H groups in total. The van der Waals surface area contributed by atoms with E-state index in [0.717, 1.165) is 12.4 Å². The number of nitrogens with zero attached hydrogens (tertiary/aromatic N) is 2. The van der Waals surface area contributed by atoms with Crippen LogP contribution in [0.1, 0.15) is 26.6 Å². The van der Waals surface area contributed by atoms with Crippen LogP contribution >= 0.6 is 0 Å². The van der Waals surface area contributed by atoms with Gasteiger partial charge in [0.05, 0.1) is 4.75 Å². The van der Waals surface area contributed by atoms with Gasteiger partial charge in [-0.1, -0.05) is 6.92 Å². The van der Waals surface area contributed by atoms with Crippen LogP contribution in [-0.4, -0.2) is 41.6 Å². The van der Waals surface area contributed by atoms with E-state index in [1.54, 1.807) is 20.0 Å². The van der Waals surface area contributed by atoms with Gasteiger partial charge in [-0.3, -0.25) is 0 Å². The number of hydrogen-bond acceptors (Lipinski definition) is 4. The summed E-state index contributed by atoms with van der Waals surface area (Å²) >= 11 is 0. The average molecular weight is 273 g/mol. The molecule has 0 fully saturated rings. The molecule has 0 amide bonds. The molecule has 104 valence electrons. The van der Waals surface area contributed by atoms with E-state index in [1.165, 1.54) is 6.26 Å². The first-order valence-electron chi connectivity index (χ1n) is 6.09. The first-order chi connectivity index (χ1) is 8.20. The largest absolute Gasteiger partial charge is 0.338 e. The van der Waals surface area contributed by atoms with Crippen molar-refractivity contribution in [1.29, 1.82) is 0 Å². The highest BCUT2D eigenvalue weighted by atomic mass is 32.2. The maximum Gasteiger partial charge on any atom is 0.154 e. The quantitative estimate of drug-likeness (QED) is 0.831. The van der Waals surface area contributed by atoms with Gasteiger partial charge in [0.2, 0.25) is 0 Å². The van der Waals surface area contributed by atoms with E-state index in [9.17, 15) is 8.42 Å². The summed E-state index contributed by atoms with van der Waals surface area (Å²) in [7, 11) is -1.22. The zero-order chi connectivity index (χ0) is 14.0. The van der Waals surface area contributed by atoms with Crippen molar-refractivity contribution < 1.29 is 8.42 Å². The van der Waals surface area contributed by atoms with Crippen molar-refractivity contribution >= 4 is 9.84 Å². The predicted octanol–water partition coefficient (Wildman–Crippen LogP) is 0.764. The Morgan fingerprint density at radius 3 is 2.50 bits per heavy atom. The molecule has 6 heteroatoms. The molecule has 1 unspecified atom stereocenters. The number of sulfone groups is 1. The number of imidazole rings is 1. The Bertz CT molecular complexity index is 491. The van der Waals surface area contributed by atoms with E-state index in [-0.39, 0.29) is 6.04 Å². The molecule has 1 rings (SSSR count). The van der Waals surface area contributed by atoms with Crippen LogP contribution in [0.4, 0.5) is 0 Å². The van der Waals surface area contributed by atoms with E-state index < -0.39 is 14.6 Å². The SMILES string of the molecule is CCNC(Cc1nccn1C)C(C)(C)S(C)(=O)=O. The van der Waals surface area contributed by atoms with Crippen molar-refractivity contribution in [2.24, 2.45) is 7.05 Å². The second-order valence-electron chi connectivity index (χ2n) is 5.14. The second kappa shape index (κ2) is 5.40. The molecule has 0 aliphatic carbocycles. The van der Waals surface area contributed by atoms with Gasteiger partial charge in [0.15, 0.2) is 9.84 Å². The highest BCUT2D eigenvalue weighted by Crippen LogP contribution is 2.22. The van der Waals surface area contributed by atoms with Crippen molar-refractivity contribution in [3.63, 3.8) is 0 Å². The van der Waals surface area contributed by atoms with Gasteiger partial charge in [0.1, 0.15) is 5.82 Å². The molecule has 0 aliphatic rings. The lowest BCUT2D eigenvalue weighted by Gasteiger charge is -2.33. The number of aryl methyl sites for hydroxylation is 1. The van der Waals surface area contributed by atoms with Crippen molar-refractivity contribution in [2.45, 2.75) is 38.0 Å². The molecule has 1 atom stereocenters. The van der Waals surface area contributed by atoms with Crippen LogP contribution in [0.15, 0.2) is 12.4 Å². The Morgan fingerprint density at radius 1 is 1.50 bits per heavy atom. The summed E-state index contributed by atoms with van der Waals surface area (Å²) < 4.78 is 24.9. The Labute approximate surface area is 110 Å². The fourth-order valence-corrected chi connectivity index (χ4v) is 2.53. The lowest BCUT2D eigenvalue weighted by molar-refractivity contribution is 0.405. The molecule has 1 aromatic heterocycles. The minimum absolute atomic E-state index is 0.154. The van der Waals surface area contributed by atoms with E-state index in [4.69, 9.17) is 0 Å². The fraction of sp³-hybridized carbons (Fsp3) is 0.750. The third-order valence-electron chi connectivity index (χ3n) is 3.55. The Morgan fingerprint density at radius 2 is 2.11 bits per heavy atom. The first kappa shape index (κ1) is 15.2. The summed E-state index contributed by atoms with van der Waals surface area (Å²) in [4.78, 5) is 4.26. The van der Waals surface area contributed by atoms with E-state index in [0.29, 0.717) is 6.42 Å². The predicted molar refractivity (Wildman–Crippen MR) is 73.3 cm³/mol. The summed E-state index contributed by atoms with van der Waals surface area (Å²) in [6.07, 6.45) is 5.48. The van der Waals surface area contributed by atoms with E-state index in [2.05, 4.69) is 10.3 Å². The van der Waals surface area contributed by atoms with Gasteiger partial charge in [0.25, 0.3) is 0 Å². The fourth-order valence-electron chi connectivity index (χ4n) is 1.84. The number of likely N-dealkylation sites (N-methyl/N-ethyl adjacent to an activating group) is 1. The molecule has 0 aliphatic heterocycles. The highest BCUT2D eigenvalue weighted by Gasteiger charge is 2.39. The van der Waals surface area contributed by atoms with Gasteiger partial charge in [-0.25, -0.2) is 13.4 Å². The van der Waals surface area contributed by atoms with Crippen LogP contribution in [0.2, 0.25) is 0 Å². The van der Waals surface area contributed by atoms with Gasteiger partial charge < -0.3 is 9.88 Å². The topological polar surface area (TPSA) is 64.0 Å². The van der Waals surface area contributed by atoms with Crippen LogP contribution in [0, 0.1) is 0 Å². The maximum atomic E-state index is 11.9. The highest BCUT2D eigenvalue weighted by molar-refractivity contribution is 7.92. The Hall–Kier alpha value is -0.880.